The molecule has 112 valence electrons. The van der Waals surface area contributed by atoms with Gasteiger partial charge in [-0.25, -0.2) is 4.79 Å². The number of nitriles is 1. The predicted molar refractivity (Wildman–Crippen MR) is 82.8 cm³/mol. The third-order valence-electron chi connectivity index (χ3n) is 4.38. The van der Waals surface area contributed by atoms with Crippen molar-refractivity contribution < 1.29 is 10.5 Å². The van der Waals surface area contributed by atoms with Crippen molar-refractivity contribution in [3.63, 3.8) is 0 Å². The van der Waals surface area contributed by atoms with Crippen LogP contribution in [0.25, 0.3) is 10.9 Å². The molecule has 0 bridgehead atoms. The number of carbonyl (C=O) groups is 1. The molecule has 5 heteroatoms. The van der Waals surface area contributed by atoms with Gasteiger partial charge in [0.25, 0.3) is 0 Å². The maximum absolute atomic E-state index is 11.6. The Hall–Kier alpha value is -2.45. The number of aromatic nitrogens is 1. The Labute approximate surface area is 129 Å². The van der Waals surface area contributed by atoms with Crippen LogP contribution in [0.15, 0.2) is 30.5 Å². The Balaban J connectivity index is 2.07. The van der Waals surface area contributed by atoms with Gasteiger partial charge in [-0.15, -0.1) is 0 Å². The highest BCUT2D eigenvalue weighted by Gasteiger charge is 2.30. The van der Waals surface area contributed by atoms with Gasteiger partial charge in [0.2, 0.25) is 0 Å². The first-order valence-corrected chi connectivity index (χ1v) is 7.48. The molecule has 2 unspecified atom stereocenters. The summed E-state index contributed by atoms with van der Waals surface area (Å²) in [5.41, 5.74) is 6.05. The average Bonchev–Trinajstić information content (AvgIpc) is 2.53. The molecule has 2 atom stereocenters. The standard InChI is InChI=1S/C17H18N4O/c1-11-7-13(10-21(9-11)17(19)22)14-5-4-12(8-18)16-15(14)3-2-6-20-16/h2-6,11,13H,7,9-10H2,1H3,(H2,19,22)/p+1. The summed E-state index contributed by atoms with van der Waals surface area (Å²) in [7, 11) is 0. The van der Waals surface area contributed by atoms with Gasteiger partial charge in [-0.3, -0.25) is 15.6 Å². The van der Waals surface area contributed by atoms with Crippen LogP contribution in [0.2, 0.25) is 0 Å². The van der Waals surface area contributed by atoms with E-state index in [4.69, 9.17) is 0 Å². The summed E-state index contributed by atoms with van der Waals surface area (Å²) in [6.07, 6.45) is 2.74. The lowest BCUT2D eigenvalue weighted by atomic mass is 9.83. The maximum atomic E-state index is 11.6. The van der Waals surface area contributed by atoms with E-state index in [2.05, 4.69) is 23.7 Å². The largest absolute Gasteiger partial charge is 0.414 e. The van der Waals surface area contributed by atoms with E-state index >= 15 is 0 Å². The molecule has 2 aromatic rings. The number of piperidine rings is 1. The van der Waals surface area contributed by atoms with Gasteiger partial charge in [-0.05, 0) is 30.0 Å². The molecular weight excluding hydrogens is 276 g/mol. The van der Waals surface area contributed by atoms with Gasteiger partial charge in [-0.2, -0.15) is 5.26 Å². The van der Waals surface area contributed by atoms with Crippen LogP contribution in [-0.2, 0) is 0 Å². The summed E-state index contributed by atoms with van der Waals surface area (Å²) < 4.78 is 0. The van der Waals surface area contributed by atoms with Gasteiger partial charge in [0.1, 0.15) is 6.07 Å². The maximum Gasteiger partial charge on any atom is 0.414 e. The number of hydrogen-bond donors (Lipinski definition) is 1. The number of carbonyl (C=O) groups excluding carboxylic acids is 1. The fourth-order valence-electron chi connectivity index (χ4n) is 3.42. The summed E-state index contributed by atoms with van der Waals surface area (Å²) in [4.78, 5) is 17.8. The lowest BCUT2D eigenvalue weighted by Crippen LogP contribution is -2.66. The summed E-state index contributed by atoms with van der Waals surface area (Å²) in [6.45, 7) is 3.61. The lowest BCUT2D eigenvalue weighted by Gasteiger charge is -2.34. The molecule has 0 radical (unpaired) electrons. The molecule has 1 aromatic carbocycles. The van der Waals surface area contributed by atoms with Crippen LogP contribution in [0.5, 0.6) is 0 Å². The molecule has 3 N–H and O–H groups in total. The molecule has 0 aliphatic carbocycles. The lowest BCUT2D eigenvalue weighted by molar-refractivity contribution is -0.267. The zero-order valence-electron chi connectivity index (χ0n) is 12.6. The number of benzene rings is 1. The highest BCUT2D eigenvalue weighted by molar-refractivity contribution is 5.87. The summed E-state index contributed by atoms with van der Waals surface area (Å²) in [6, 6.07) is 9.83. The van der Waals surface area contributed by atoms with Crippen molar-refractivity contribution in [1.82, 2.24) is 9.88 Å². The first-order valence-electron chi connectivity index (χ1n) is 7.48. The molecule has 5 nitrogen and oxygen atoms in total. The van der Waals surface area contributed by atoms with E-state index in [1.807, 2.05) is 29.2 Å². The Morgan fingerprint density at radius 1 is 1.41 bits per heavy atom. The van der Waals surface area contributed by atoms with Crippen molar-refractivity contribution in [2.24, 2.45) is 5.92 Å². The first kappa shape index (κ1) is 14.5. The van der Waals surface area contributed by atoms with Gasteiger partial charge in [0.05, 0.1) is 11.1 Å². The molecular formula is C17H19N4O+. The van der Waals surface area contributed by atoms with E-state index < -0.39 is 0 Å². The zero-order chi connectivity index (χ0) is 15.7. The molecule has 2 amide bonds. The van der Waals surface area contributed by atoms with Crippen molar-refractivity contribution in [1.29, 1.82) is 5.26 Å². The minimum atomic E-state index is -0.118. The predicted octanol–water partition coefficient (Wildman–Crippen LogP) is 1.89. The van der Waals surface area contributed by atoms with E-state index in [0.717, 1.165) is 23.9 Å². The van der Waals surface area contributed by atoms with Crippen LogP contribution in [-0.4, -0.2) is 29.0 Å². The molecule has 0 saturated carbocycles. The number of pyridine rings is 1. The number of amides is 2. The molecule has 3 rings (SSSR count). The van der Waals surface area contributed by atoms with Gasteiger partial charge >= 0.3 is 6.03 Å². The van der Waals surface area contributed by atoms with E-state index in [9.17, 15) is 10.1 Å². The van der Waals surface area contributed by atoms with E-state index in [0.29, 0.717) is 18.0 Å². The summed E-state index contributed by atoms with van der Waals surface area (Å²) >= 11 is 0. The number of rotatable bonds is 1. The number of nitrogens with zero attached hydrogens (tertiary/aromatic N) is 3. The van der Waals surface area contributed by atoms with Crippen LogP contribution < -0.4 is 5.73 Å². The zero-order valence-corrected chi connectivity index (χ0v) is 12.6. The minimum absolute atomic E-state index is 0.118. The van der Waals surface area contributed by atoms with Crippen LogP contribution >= 0.6 is 0 Å². The Morgan fingerprint density at radius 3 is 2.95 bits per heavy atom. The normalized spacial score (nSPS) is 21.6. The third-order valence-corrected chi connectivity index (χ3v) is 4.38. The Kier molecular flexibility index (Phi) is 3.78. The van der Waals surface area contributed by atoms with Gasteiger partial charge < -0.3 is 0 Å². The topological polar surface area (TPSA) is 84.6 Å². The monoisotopic (exact) mass is 295 g/mol. The summed E-state index contributed by atoms with van der Waals surface area (Å²) in [5, 5.41) is 10.3. The number of quaternary nitrogens is 1. The first-order chi connectivity index (χ1) is 10.6. The van der Waals surface area contributed by atoms with Crippen molar-refractivity contribution in [2.45, 2.75) is 19.3 Å². The molecule has 1 saturated heterocycles. The number of fused-ring (bicyclic) bond motifs is 1. The second kappa shape index (κ2) is 5.74. The van der Waals surface area contributed by atoms with Crippen molar-refractivity contribution >= 4 is 16.9 Å². The molecule has 1 fully saturated rings. The quantitative estimate of drug-likeness (QED) is 0.872. The molecule has 1 aliphatic rings. The fraction of sp³-hybridized carbons (Fsp3) is 0.353. The second-order valence-corrected chi connectivity index (χ2v) is 6.05. The Bertz CT molecular complexity index is 765. The summed E-state index contributed by atoms with van der Waals surface area (Å²) in [5.74, 6) is 0.695. The molecule has 1 aromatic heterocycles. The molecule has 2 heterocycles. The van der Waals surface area contributed by atoms with Crippen LogP contribution in [0, 0.1) is 17.2 Å². The number of likely N-dealkylation sites (tertiary alicyclic amines) is 1. The highest BCUT2D eigenvalue weighted by Crippen LogP contribution is 2.34. The molecule has 1 aliphatic heterocycles. The number of hydrogen-bond acceptors (Lipinski definition) is 3. The van der Waals surface area contributed by atoms with Gasteiger partial charge in [-0.1, -0.05) is 19.1 Å². The van der Waals surface area contributed by atoms with Crippen molar-refractivity contribution in [3.05, 3.63) is 41.6 Å². The average molecular weight is 295 g/mol. The SMILES string of the molecule is CC1CC(c2ccc(C#N)c3ncccc23)CN(C([NH3+])=O)C1. The number of urea groups is 1. The van der Waals surface area contributed by atoms with Crippen molar-refractivity contribution in [2.75, 3.05) is 13.1 Å². The van der Waals surface area contributed by atoms with Crippen LogP contribution in [0.1, 0.15) is 30.4 Å². The van der Waals surface area contributed by atoms with E-state index in [-0.39, 0.29) is 11.9 Å². The minimum Gasteiger partial charge on any atom is -0.292 e. The smallest absolute Gasteiger partial charge is 0.292 e. The van der Waals surface area contributed by atoms with Gasteiger partial charge in [0, 0.05) is 30.6 Å². The van der Waals surface area contributed by atoms with E-state index in [1.54, 1.807) is 6.20 Å². The van der Waals surface area contributed by atoms with Gasteiger partial charge in [0.15, 0.2) is 0 Å². The van der Waals surface area contributed by atoms with Crippen molar-refractivity contribution in [3.8, 4) is 6.07 Å². The highest BCUT2D eigenvalue weighted by atomic mass is 16.2. The van der Waals surface area contributed by atoms with Crippen LogP contribution in [0.4, 0.5) is 4.79 Å². The van der Waals surface area contributed by atoms with Crippen LogP contribution in [0.3, 0.4) is 0 Å². The second-order valence-electron chi connectivity index (χ2n) is 6.05. The Morgan fingerprint density at radius 2 is 2.23 bits per heavy atom. The molecule has 0 spiro atoms. The van der Waals surface area contributed by atoms with E-state index in [1.165, 1.54) is 5.56 Å². The fourth-order valence-corrected chi connectivity index (χ4v) is 3.42. The molecule has 22 heavy (non-hydrogen) atoms. The third kappa shape index (κ3) is 2.53.